The summed E-state index contributed by atoms with van der Waals surface area (Å²) in [5.74, 6) is 0.773. The molecule has 0 saturated heterocycles. The molecule has 0 aliphatic carbocycles. The second kappa shape index (κ2) is 5.85. The zero-order valence-electron chi connectivity index (χ0n) is 11.0. The van der Waals surface area contributed by atoms with E-state index in [0.29, 0.717) is 5.69 Å². The molecule has 3 nitrogen and oxygen atoms in total. The van der Waals surface area contributed by atoms with Crippen molar-refractivity contribution in [2.45, 2.75) is 13.0 Å². The van der Waals surface area contributed by atoms with Gasteiger partial charge >= 0.3 is 0 Å². The summed E-state index contributed by atoms with van der Waals surface area (Å²) in [4.78, 5) is 0. The van der Waals surface area contributed by atoms with Gasteiger partial charge in [0.05, 0.1) is 18.5 Å². The average molecular weight is 277 g/mol. The molecule has 1 atom stereocenters. The number of nitrogens with one attached hydrogen (secondary N) is 1. The number of hydrogen-bond donors (Lipinski definition) is 2. The minimum atomic E-state index is 0.105. The van der Waals surface area contributed by atoms with Crippen molar-refractivity contribution in [1.82, 2.24) is 0 Å². The van der Waals surface area contributed by atoms with Gasteiger partial charge in [0.1, 0.15) is 5.75 Å². The highest BCUT2D eigenvalue weighted by molar-refractivity contribution is 6.30. The predicted molar refractivity (Wildman–Crippen MR) is 80.9 cm³/mol. The number of rotatable bonds is 4. The molecule has 2 aromatic rings. The summed E-state index contributed by atoms with van der Waals surface area (Å²) in [5, 5.41) is 4.09. The summed E-state index contributed by atoms with van der Waals surface area (Å²) in [7, 11) is 1.63. The highest BCUT2D eigenvalue weighted by Gasteiger charge is 2.08. The molecule has 0 radical (unpaired) electrons. The summed E-state index contributed by atoms with van der Waals surface area (Å²) in [6.45, 7) is 2.06. The Balaban J connectivity index is 2.21. The SMILES string of the molecule is COc1ccc(N)c(NC(C)c2cccc(Cl)c2)c1. The van der Waals surface area contributed by atoms with E-state index in [1.807, 2.05) is 42.5 Å². The van der Waals surface area contributed by atoms with E-state index in [1.54, 1.807) is 7.11 Å². The molecule has 0 aliphatic heterocycles. The normalized spacial score (nSPS) is 11.9. The van der Waals surface area contributed by atoms with Crippen molar-refractivity contribution in [2.75, 3.05) is 18.2 Å². The Labute approximate surface area is 118 Å². The zero-order valence-corrected chi connectivity index (χ0v) is 11.7. The van der Waals surface area contributed by atoms with E-state index in [0.717, 1.165) is 22.0 Å². The summed E-state index contributed by atoms with van der Waals surface area (Å²) in [5.41, 5.74) is 8.61. The highest BCUT2D eigenvalue weighted by atomic mass is 35.5. The molecule has 3 N–H and O–H groups in total. The lowest BCUT2D eigenvalue weighted by Gasteiger charge is -2.18. The number of nitrogens with two attached hydrogens (primary N) is 1. The lowest BCUT2D eigenvalue weighted by atomic mass is 10.1. The van der Waals surface area contributed by atoms with E-state index in [9.17, 15) is 0 Å². The number of methoxy groups -OCH3 is 1. The highest BCUT2D eigenvalue weighted by Crippen LogP contribution is 2.28. The van der Waals surface area contributed by atoms with E-state index < -0.39 is 0 Å². The molecular formula is C15H17ClN2O. The number of anilines is 2. The van der Waals surface area contributed by atoms with Crippen LogP contribution in [0.25, 0.3) is 0 Å². The molecule has 4 heteroatoms. The molecule has 0 spiro atoms. The Morgan fingerprint density at radius 3 is 2.68 bits per heavy atom. The standard InChI is InChI=1S/C15H17ClN2O/c1-10(11-4-3-5-12(16)8-11)18-15-9-13(19-2)6-7-14(15)17/h3-10,18H,17H2,1-2H3. The maximum atomic E-state index is 6.00. The van der Waals surface area contributed by atoms with Gasteiger partial charge in [-0.05, 0) is 36.8 Å². The van der Waals surface area contributed by atoms with E-state index in [2.05, 4.69) is 12.2 Å². The fraction of sp³-hybridized carbons (Fsp3) is 0.200. The predicted octanol–water partition coefficient (Wildman–Crippen LogP) is 4.10. The van der Waals surface area contributed by atoms with Crippen LogP contribution in [-0.2, 0) is 0 Å². The van der Waals surface area contributed by atoms with Gasteiger partial charge in [-0.25, -0.2) is 0 Å². The van der Waals surface area contributed by atoms with Crippen LogP contribution in [0.2, 0.25) is 5.02 Å². The van der Waals surface area contributed by atoms with Crippen LogP contribution in [0, 0.1) is 0 Å². The molecule has 0 aromatic heterocycles. The molecular weight excluding hydrogens is 260 g/mol. The molecule has 2 rings (SSSR count). The fourth-order valence-electron chi connectivity index (χ4n) is 1.88. The maximum Gasteiger partial charge on any atom is 0.121 e. The average Bonchev–Trinajstić information content (AvgIpc) is 2.41. The van der Waals surface area contributed by atoms with Crippen LogP contribution in [0.15, 0.2) is 42.5 Å². The topological polar surface area (TPSA) is 47.3 Å². The summed E-state index contributed by atoms with van der Waals surface area (Å²) < 4.78 is 5.20. The van der Waals surface area contributed by atoms with E-state index >= 15 is 0 Å². The molecule has 100 valence electrons. The smallest absolute Gasteiger partial charge is 0.121 e. The molecule has 0 bridgehead atoms. The number of hydrogen-bond acceptors (Lipinski definition) is 3. The molecule has 0 amide bonds. The lowest BCUT2D eigenvalue weighted by Crippen LogP contribution is -2.08. The van der Waals surface area contributed by atoms with Crippen molar-refractivity contribution in [3.8, 4) is 5.75 Å². The Kier molecular flexibility index (Phi) is 4.17. The lowest BCUT2D eigenvalue weighted by molar-refractivity contribution is 0.415. The number of halogens is 1. The third-order valence-electron chi connectivity index (χ3n) is 2.98. The summed E-state index contributed by atoms with van der Waals surface area (Å²) in [6.07, 6.45) is 0. The van der Waals surface area contributed by atoms with Crippen LogP contribution in [0.4, 0.5) is 11.4 Å². The van der Waals surface area contributed by atoms with Crippen LogP contribution in [-0.4, -0.2) is 7.11 Å². The first-order valence-corrected chi connectivity index (χ1v) is 6.43. The van der Waals surface area contributed by atoms with E-state index in [1.165, 1.54) is 0 Å². The van der Waals surface area contributed by atoms with Crippen LogP contribution >= 0.6 is 11.6 Å². The van der Waals surface area contributed by atoms with Gasteiger partial charge in [-0.3, -0.25) is 0 Å². The van der Waals surface area contributed by atoms with Crippen molar-refractivity contribution >= 4 is 23.0 Å². The van der Waals surface area contributed by atoms with Gasteiger partial charge in [0.25, 0.3) is 0 Å². The van der Waals surface area contributed by atoms with Crippen molar-refractivity contribution < 1.29 is 4.74 Å². The van der Waals surface area contributed by atoms with E-state index in [4.69, 9.17) is 22.1 Å². The zero-order chi connectivity index (χ0) is 13.8. The Morgan fingerprint density at radius 1 is 1.21 bits per heavy atom. The third-order valence-corrected chi connectivity index (χ3v) is 3.22. The summed E-state index contributed by atoms with van der Waals surface area (Å²) in [6, 6.07) is 13.4. The molecule has 2 aromatic carbocycles. The van der Waals surface area contributed by atoms with Gasteiger partial charge in [-0.2, -0.15) is 0 Å². The molecule has 0 heterocycles. The van der Waals surface area contributed by atoms with Crippen molar-refractivity contribution in [3.05, 3.63) is 53.1 Å². The second-order valence-electron chi connectivity index (χ2n) is 4.37. The van der Waals surface area contributed by atoms with E-state index in [-0.39, 0.29) is 6.04 Å². The van der Waals surface area contributed by atoms with Crippen molar-refractivity contribution in [2.24, 2.45) is 0 Å². The van der Waals surface area contributed by atoms with Crippen molar-refractivity contribution in [3.63, 3.8) is 0 Å². The fourth-order valence-corrected chi connectivity index (χ4v) is 2.08. The van der Waals surface area contributed by atoms with Crippen LogP contribution in [0.5, 0.6) is 5.75 Å². The first kappa shape index (κ1) is 13.6. The minimum Gasteiger partial charge on any atom is -0.497 e. The Bertz CT molecular complexity index is 572. The Hall–Kier alpha value is -1.87. The molecule has 1 unspecified atom stereocenters. The quantitative estimate of drug-likeness (QED) is 0.827. The number of ether oxygens (including phenoxy) is 1. The van der Waals surface area contributed by atoms with Crippen LogP contribution in [0.1, 0.15) is 18.5 Å². The van der Waals surface area contributed by atoms with Gasteiger partial charge in [0.2, 0.25) is 0 Å². The second-order valence-corrected chi connectivity index (χ2v) is 4.81. The maximum absolute atomic E-state index is 6.00. The monoisotopic (exact) mass is 276 g/mol. The summed E-state index contributed by atoms with van der Waals surface area (Å²) >= 11 is 6.00. The van der Waals surface area contributed by atoms with Crippen LogP contribution < -0.4 is 15.8 Å². The first-order chi connectivity index (χ1) is 9.10. The third kappa shape index (κ3) is 3.32. The molecule has 0 fully saturated rings. The van der Waals surface area contributed by atoms with Gasteiger partial charge in [0.15, 0.2) is 0 Å². The Morgan fingerprint density at radius 2 is 2.00 bits per heavy atom. The number of nitrogen functional groups attached to an aromatic ring is 1. The minimum absolute atomic E-state index is 0.105. The van der Waals surface area contributed by atoms with Crippen molar-refractivity contribution in [1.29, 1.82) is 0 Å². The molecule has 19 heavy (non-hydrogen) atoms. The molecule has 0 aliphatic rings. The first-order valence-electron chi connectivity index (χ1n) is 6.05. The van der Waals surface area contributed by atoms with Gasteiger partial charge in [-0.1, -0.05) is 23.7 Å². The number of benzene rings is 2. The van der Waals surface area contributed by atoms with Gasteiger partial charge < -0.3 is 15.8 Å². The van der Waals surface area contributed by atoms with Gasteiger partial charge in [-0.15, -0.1) is 0 Å². The largest absolute Gasteiger partial charge is 0.497 e. The van der Waals surface area contributed by atoms with Gasteiger partial charge in [0, 0.05) is 17.1 Å². The molecule has 0 saturated carbocycles. The van der Waals surface area contributed by atoms with Crippen LogP contribution in [0.3, 0.4) is 0 Å².